The number of rotatable bonds is 2. The van der Waals surface area contributed by atoms with Crippen molar-refractivity contribution in [2.24, 2.45) is 5.41 Å². The zero-order chi connectivity index (χ0) is 14.3. The normalized spacial score (nSPS) is 23.6. The van der Waals surface area contributed by atoms with Crippen LogP contribution in [0.25, 0.3) is 0 Å². The molecule has 0 bridgehead atoms. The first-order valence-electron chi connectivity index (χ1n) is 5.51. The van der Waals surface area contributed by atoms with Crippen LogP contribution in [0.3, 0.4) is 0 Å². The Bertz CT molecular complexity index is 550. The average Bonchev–Trinajstić information content (AvgIpc) is 2.83. The number of halogens is 3. The summed E-state index contributed by atoms with van der Waals surface area (Å²) in [6.45, 7) is 1.69. The third kappa shape index (κ3) is 2.97. The van der Waals surface area contributed by atoms with Crippen LogP contribution in [-0.4, -0.2) is 15.4 Å². The van der Waals surface area contributed by atoms with E-state index in [-0.39, 0.29) is 11.0 Å². The van der Waals surface area contributed by atoms with E-state index >= 15 is 0 Å². The Morgan fingerprint density at radius 3 is 2.47 bits per heavy atom. The number of carbonyl (C=O) groups excluding carboxylic acids is 1. The molecular formula is C12H11Cl3N2OS. The summed E-state index contributed by atoms with van der Waals surface area (Å²) in [7, 11) is 0. The van der Waals surface area contributed by atoms with Crippen LogP contribution >= 0.6 is 47.0 Å². The molecule has 1 aliphatic carbocycles. The van der Waals surface area contributed by atoms with Crippen molar-refractivity contribution < 1.29 is 4.79 Å². The lowest BCUT2D eigenvalue weighted by Crippen LogP contribution is -2.40. The Hall–Kier alpha value is -0.550. The topological polar surface area (TPSA) is 41.1 Å². The molecule has 0 aliphatic heterocycles. The summed E-state index contributed by atoms with van der Waals surface area (Å²) >= 11 is 22.9. The first-order chi connectivity index (χ1) is 8.76. The second kappa shape index (κ2) is 5.09. The van der Waals surface area contributed by atoms with Gasteiger partial charge in [-0.25, -0.2) is 0 Å². The smallest absolute Gasteiger partial charge is 0.235 e. The van der Waals surface area contributed by atoms with Crippen molar-refractivity contribution in [2.75, 3.05) is 5.32 Å². The van der Waals surface area contributed by atoms with E-state index in [1.165, 1.54) is 0 Å². The van der Waals surface area contributed by atoms with E-state index in [0.29, 0.717) is 17.1 Å². The molecule has 2 N–H and O–H groups in total. The molecule has 0 saturated heterocycles. The Morgan fingerprint density at radius 1 is 1.37 bits per heavy atom. The minimum absolute atomic E-state index is 0.162. The zero-order valence-electron chi connectivity index (χ0n) is 9.97. The van der Waals surface area contributed by atoms with Crippen molar-refractivity contribution in [3.63, 3.8) is 0 Å². The number of hydrogen-bond acceptors (Lipinski definition) is 2. The summed E-state index contributed by atoms with van der Waals surface area (Å²) in [5.74, 6) is -0.304. The van der Waals surface area contributed by atoms with Gasteiger partial charge in [0.05, 0.1) is 16.1 Å². The molecule has 0 heterocycles. The van der Waals surface area contributed by atoms with E-state index in [1.54, 1.807) is 25.1 Å². The lowest BCUT2D eigenvalue weighted by molar-refractivity contribution is -0.124. The highest BCUT2D eigenvalue weighted by molar-refractivity contribution is 7.80. The van der Waals surface area contributed by atoms with Gasteiger partial charge in [-0.3, -0.25) is 4.79 Å². The second-order valence-electron chi connectivity index (χ2n) is 4.60. The molecule has 0 radical (unpaired) electrons. The minimum Gasteiger partial charge on any atom is -0.331 e. The fraction of sp³-hybridized carbons (Fsp3) is 0.333. The highest BCUT2D eigenvalue weighted by Gasteiger charge is 2.68. The van der Waals surface area contributed by atoms with Gasteiger partial charge in [0.1, 0.15) is 4.33 Å². The van der Waals surface area contributed by atoms with Crippen LogP contribution in [0.15, 0.2) is 24.3 Å². The maximum Gasteiger partial charge on any atom is 0.235 e. The molecule has 1 atom stereocenters. The molecule has 1 saturated carbocycles. The van der Waals surface area contributed by atoms with Crippen LogP contribution < -0.4 is 10.6 Å². The van der Waals surface area contributed by atoms with Crippen LogP contribution in [0.1, 0.15) is 13.3 Å². The number of para-hydroxylation sites is 1. The van der Waals surface area contributed by atoms with Crippen LogP contribution in [0.2, 0.25) is 5.02 Å². The van der Waals surface area contributed by atoms with Gasteiger partial charge in [-0.2, -0.15) is 0 Å². The molecule has 1 aliphatic rings. The number of hydrogen-bond donors (Lipinski definition) is 2. The molecule has 1 aromatic rings. The van der Waals surface area contributed by atoms with E-state index < -0.39 is 9.75 Å². The highest BCUT2D eigenvalue weighted by atomic mass is 35.5. The predicted octanol–water partition coefficient (Wildman–Crippen LogP) is 3.74. The van der Waals surface area contributed by atoms with Crippen molar-refractivity contribution in [1.82, 2.24) is 5.32 Å². The van der Waals surface area contributed by atoms with Crippen molar-refractivity contribution in [1.29, 1.82) is 0 Å². The minimum atomic E-state index is -1.02. The number of nitrogens with one attached hydrogen (secondary N) is 2. The van der Waals surface area contributed by atoms with Gasteiger partial charge >= 0.3 is 0 Å². The molecule has 19 heavy (non-hydrogen) atoms. The first-order valence-corrected chi connectivity index (χ1v) is 7.05. The maximum absolute atomic E-state index is 12.0. The summed E-state index contributed by atoms with van der Waals surface area (Å²) in [6.07, 6.45) is 0.406. The standard InChI is InChI=1S/C12H11Cl3N2OS/c1-11(6-12(11,14)15)9(18)17-10(19)16-8-5-3-2-4-7(8)13/h2-5H,6H2,1H3,(H2,16,17,18,19). The van der Waals surface area contributed by atoms with Crippen molar-refractivity contribution in [3.05, 3.63) is 29.3 Å². The van der Waals surface area contributed by atoms with Gasteiger partial charge in [-0.1, -0.05) is 23.7 Å². The van der Waals surface area contributed by atoms with Crippen LogP contribution in [-0.2, 0) is 4.79 Å². The summed E-state index contributed by atoms with van der Waals surface area (Å²) in [4.78, 5) is 12.0. The Balaban J connectivity index is 1.96. The largest absolute Gasteiger partial charge is 0.331 e. The molecule has 2 rings (SSSR count). The average molecular weight is 338 g/mol. The molecular weight excluding hydrogens is 327 g/mol. The molecule has 0 spiro atoms. The monoisotopic (exact) mass is 336 g/mol. The van der Waals surface area contributed by atoms with E-state index in [9.17, 15) is 4.79 Å². The van der Waals surface area contributed by atoms with Crippen molar-refractivity contribution in [2.45, 2.75) is 17.7 Å². The number of benzene rings is 1. The van der Waals surface area contributed by atoms with Gasteiger partial charge in [0, 0.05) is 0 Å². The molecule has 1 aromatic carbocycles. The van der Waals surface area contributed by atoms with Crippen molar-refractivity contribution >= 4 is 63.7 Å². The maximum atomic E-state index is 12.0. The summed E-state index contributed by atoms with van der Waals surface area (Å²) in [6, 6.07) is 7.09. The van der Waals surface area contributed by atoms with Gasteiger partial charge in [0.2, 0.25) is 5.91 Å². The Morgan fingerprint density at radius 2 is 1.95 bits per heavy atom. The third-order valence-electron chi connectivity index (χ3n) is 3.11. The number of carbonyl (C=O) groups is 1. The second-order valence-corrected chi connectivity index (χ2v) is 6.90. The van der Waals surface area contributed by atoms with Crippen LogP contribution in [0.4, 0.5) is 5.69 Å². The summed E-state index contributed by atoms with van der Waals surface area (Å²) in [5.41, 5.74) is -0.180. The fourth-order valence-corrected chi connectivity index (χ4v) is 2.70. The lowest BCUT2D eigenvalue weighted by atomic mass is 10.1. The first kappa shape index (κ1) is 14.9. The number of alkyl halides is 2. The summed E-state index contributed by atoms with van der Waals surface area (Å²) in [5, 5.41) is 6.09. The van der Waals surface area contributed by atoms with E-state index in [1.807, 2.05) is 6.07 Å². The van der Waals surface area contributed by atoms with Gasteiger partial charge in [-0.05, 0) is 37.7 Å². The van der Waals surface area contributed by atoms with Gasteiger partial charge in [-0.15, -0.1) is 23.2 Å². The Labute approximate surface area is 131 Å². The molecule has 1 fully saturated rings. The zero-order valence-corrected chi connectivity index (χ0v) is 13.1. The number of amides is 1. The van der Waals surface area contributed by atoms with Gasteiger partial charge in [0.25, 0.3) is 0 Å². The SMILES string of the molecule is CC1(C(=O)NC(=S)Nc2ccccc2Cl)CC1(Cl)Cl. The lowest BCUT2D eigenvalue weighted by Gasteiger charge is -2.14. The number of anilines is 1. The van der Waals surface area contributed by atoms with Gasteiger partial charge < -0.3 is 10.6 Å². The van der Waals surface area contributed by atoms with E-state index in [4.69, 9.17) is 47.0 Å². The predicted molar refractivity (Wildman–Crippen MR) is 83.0 cm³/mol. The molecule has 1 amide bonds. The van der Waals surface area contributed by atoms with Crippen LogP contribution in [0, 0.1) is 5.41 Å². The highest BCUT2D eigenvalue weighted by Crippen LogP contribution is 2.63. The molecule has 0 aromatic heterocycles. The Kier molecular flexibility index (Phi) is 3.98. The van der Waals surface area contributed by atoms with Crippen molar-refractivity contribution in [3.8, 4) is 0 Å². The molecule has 7 heteroatoms. The third-order valence-corrected chi connectivity index (χ3v) is 4.74. The summed E-state index contributed by atoms with van der Waals surface area (Å²) < 4.78 is -1.02. The van der Waals surface area contributed by atoms with E-state index in [0.717, 1.165) is 0 Å². The fourth-order valence-electron chi connectivity index (χ4n) is 1.60. The molecule has 1 unspecified atom stereocenters. The van der Waals surface area contributed by atoms with E-state index in [2.05, 4.69) is 10.6 Å². The number of thiocarbonyl (C=S) groups is 1. The molecule has 102 valence electrons. The quantitative estimate of drug-likeness (QED) is 0.638. The molecule has 3 nitrogen and oxygen atoms in total. The van der Waals surface area contributed by atoms with Gasteiger partial charge in [0.15, 0.2) is 5.11 Å². The van der Waals surface area contributed by atoms with Crippen LogP contribution in [0.5, 0.6) is 0 Å².